The summed E-state index contributed by atoms with van der Waals surface area (Å²) in [5, 5.41) is 12.5. The van der Waals surface area contributed by atoms with Gasteiger partial charge in [-0.15, -0.1) is 0 Å². The number of aromatic hydroxyl groups is 1. The maximum atomic E-state index is 12.1. The molecule has 0 unspecified atom stereocenters. The number of benzene rings is 2. The highest BCUT2D eigenvalue weighted by Gasteiger charge is 2.12. The van der Waals surface area contributed by atoms with Gasteiger partial charge in [0.2, 0.25) is 0 Å². The molecule has 0 fully saturated rings. The summed E-state index contributed by atoms with van der Waals surface area (Å²) in [7, 11) is 1.48. The summed E-state index contributed by atoms with van der Waals surface area (Å²) in [6, 6.07) is 11.3. The number of nitrogens with two attached hydrogens (primary N) is 1. The first-order valence-electron chi connectivity index (χ1n) is 6.09. The number of rotatable bonds is 4. The molecule has 4 N–H and O–H groups in total. The summed E-state index contributed by atoms with van der Waals surface area (Å²) in [6.07, 6.45) is 0. The quantitative estimate of drug-likeness (QED) is 0.755. The smallest absolute Gasteiger partial charge is 0.259 e. The number of carbonyl (C=O) groups excluding carboxylic acids is 1. The van der Waals surface area contributed by atoms with E-state index in [0.717, 1.165) is 5.56 Å². The van der Waals surface area contributed by atoms with Gasteiger partial charge in [0, 0.05) is 17.3 Å². The number of anilines is 1. The van der Waals surface area contributed by atoms with Crippen LogP contribution in [-0.2, 0) is 0 Å². The Labute approximate surface area is 127 Å². The zero-order valence-corrected chi connectivity index (χ0v) is 12.1. The summed E-state index contributed by atoms with van der Waals surface area (Å²) >= 11 is 4.86. The van der Waals surface area contributed by atoms with E-state index >= 15 is 0 Å². The molecule has 2 aromatic rings. The molecular weight excluding hydrogens is 288 g/mol. The fraction of sp³-hybridized carbons (Fsp3) is 0.0667. The molecule has 1 amide bonds. The number of methoxy groups -OCH3 is 1. The number of ether oxygens (including phenoxy) is 1. The first kappa shape index (κ1) is 14.8. The molecule has 0 aliphatic heterocycles. The Morgan fingerprint density at radius 2 is 1.90 bits per heavy atom. The molecule has 0 aliphatic carbocycles. The van der Waals surface area contributed by atoms with Gasteiger partial charge in [0.25, 0.3) is 5.91 Å². The largest absolute Gasteiger partial charge is 0.507 e. The minimum Gasteiger partial charge on any atom is -0.507 e. The van der Waals surface area contributed by atoms with E-state index in [9.17, 15) is 9.90 Å². The Hall–Kier alpha value is -2.60. The van der Waals surface area contributed by atoms with Crippen LogP contribution in [0.3, 0.4) is 0 Å². The van der Waals surface area contributed by atoms with Crippen LogP contribution in [0.25, 0.3) is 0 Å². The zero-order chi connectivity index (χ0) is 15.4. The second kappa shape index (κ2) is 6.23. The minimum absolute atomic E-state index is 0.147. The lowest BCUT2D eigenvalue weighted by Gasteiger charge is -2.08. The van der Waals surface area contributed by atoms with Crippen LogP contribution < -0.4 is 15.8 Å². The third kappa shape index (κ3) is 3.49. The van der Waals surface area contributed by atoms with E-state index in [-0.39, 0.29) is 11.3 Å². The SMILES string of the molecule is COc1ccc(C(=O)Nc2ccc(C(N)=S)cc2)c(O)c1. The van der Waals surface area contributed by atoms with Crippen molar-refractivity contribution in [2.45, 2.75) is 0 Å². The molecule has 0 saturated heterocycles. The summed E-state index contributed by atoms with van der Waals surface area (Å²) in [5.41, 5.74) is 6.96. The lowest BCUT2D eigenvalue weighted by molar-refractivity contribution is 0.102. The number of hydrogen-bond donors (Lipinski definition) is 3. The average Bonchev–Trinajstić information content (AvgIpc) is 2.47. The summed E-state index contributed by atoms with van der Waals surface area (Å²) in [6.45, 7) is 0. The monoisotopic (exact) mass is 302 g/mol. The normalized spacial score (nSPS) is 9.95. The van der Waals surface area contributed by atoms with E-state index in [1.54, 1.807) is 30.3 Å². The van der Waals surface area contributed by atoms with Crippen molar-refractivity contribution in [3.63, 3.8) is 0 Å². The van der Waals surface area contributed by atoms with E-state index in [1.807, 2.05) is 0 Å². The Kier molecular flexibility index (Phi) is 4.39. The lowest BCUT2D eigenvalue weighted by Crippen LogP contribution is -2.13. The van der Waals surface area contributed by atoms with Crippen LogP contribution in [0.4, 0.5) is 5.69 Å². The molecule has 0 aliphatic rings. The van der Waals surface area contributed by atoms with E-state index in [2.05, 4.69) is 5.32 Å². The van der Waals surface area contributed by atoms with Crippen LogP contribution in [0.2, 0.25) is 0 Å². The number of carbonyl (C=O) groups is 1. The fourth-order valence-electron chi connectivity index (χ4n) is 1.75. The Balaban J connectivity index is 2.16. The molecule has 0 saturated carbocycles. The number of amides is 1. The molecule has 0 spiro atoms. The summed E-state index contributed by atoms with van der Waals surface area (Å²) in [5.74, 6) is -0.0882. The minimum atomic E-state index is -0.418. The first-order valence-corrected chi connectivity index (χ1v) is 6.50. The van der Waals surface area contributed by atoms with Crippen molar-refractivity contribution < 1.29 is 14.6 Å². The molecule has 0 heterocycles. The van der Waals surface area contributed by atoms with E-state index in [4.69, 9.17) is 22.7 Å². The van der Waals surface area contributed by atoms with Gasteiger partial charge in [-0.1, -0.05) is 12.2 Å². The van der Waals surface area contributed by atoms with Crippen LogP contribution in [0.1, 0.15) is 15.9 Å². The van der Waals surface area contributed by atoms with Crippen molar-refractivity contribution in [2.75, 3.05) is 12.4 Å². The molecule has 0 radical (unpaired) electrons. The fourth-order valence-corrected chi connectivity index (χ4v) is 1.88. The lowest BCUT2D eigenvalue weighted by atomic mass is 10.1. The molecule has 6 heteroatoms. The predicted octanol–water partition coefficient (Wildman–Crippen LogP) is 2.29. The van der Waals surface area contributed by atoms with Crippen molar-refractivity contribution in [3.8, 4) is 11.5 Å². The van der Waals surface area contributed by atoms with Gasteiger partial charge in [0.05, 0.1) is 12.7 Å². The molecule has 0 bridgehead atoms. The van der Waals surface area contributed by atoms with Crippen molar-refractivity contribution in [1.82, 2.24) is 0 Å². The van der Waals surface area contributed by atoms with E-state index < -0.39 is 5.91 Å². The van der Waals surface area contributed by atoms with Gasteiger partial charge in [0.15, 0.2) is 0 Å². The molecule has 0 atom stereocenters. The molecule has 0 aromatic heterocycles. The molecular formula is C15H14N2O3S. The second-order valence-electron chi connectivity index (χ2n) is 4.28. The third-order valence-electron chi connectivity index (χ3n) is 2.88. The van der Waals surface area contributed by atoms with Gasteiger partial charge in [0.1, 0.15) is 16.5 Å². The molecule has 2 aromatic carbocycles. The topological polar surface area (TPSA) is 84.6 Å². The standard InChI is InChI=1S/C15H14N2O3S/c1-20-11-6-7-12(13(18)8-11)15(19)17-10-4-2-9(3-5-10)14(16)21/h2-8,18H,1H3,(H2,16,21)(H,17,19). The van der Waals surface area contributed by atoms with Crippen molar-refractivity contribution in [3.05, 3.63) is 53.6 Å². The molecule has 2 rings (SSSR count). The second-order valence-corrected chi connectivity index (χ2v) is 4.72. The number of nitrogens with one attached hydrogen (secondary N) is 1. The van der Waals surface area contributed by atoms with Gasteiger partial charge in [-0.25, -0.2) is 0 Å². The van der Waals surface area contributed by atoms with Crippen LogP contribution >= 0.6 is 12.2 Å². The molecule has 5 nitrogen and oxygen atoms in total. The summed E-state index contributed by atoms with van der Waals surface area (Å²) < 4.78 is 4.97. The number of hydrogen-bond acceptors (Lipinski definition) is 4. The average molecular weight is 302 g/mol. The highest BCUT2D eigenvalue weighted by Crippen LogP contribution is 2.24. The highest BCUT2D eigenvalue weighted by atomic mass is 32.1. The number of thiocarbonyl (C=S) groups is 1. The first-order chi connectivity index (χ1) is 10.0. The Bertz CT molecular complexity index is 684. The van der Waals surface area contributed by atoms with Gasteiger partial charge in [-0.3, -0.25) is 4.79 Å². The van der Waals surface area contributed by atoms with Gasteiger partial charge in [-0.2, -0.15) is 0 Å². The van der Waals surface area contributed by atoms with Crippen LogP contribution in [0.15, 0.2) is 42.5 Å². The zero-order valence-electron chi connectivity index (χ0n) is 11.3. The molecule has 108 valence electrons. The number of phenols is 1. The van der Waals surface area contributed by atoms with Crippen molar-refractivity contribution in [2.24, 2.45) is 5.73 Å². The maximum Gasteiger partial charge on any atom is 0.259 e. The van der Waals surface area contributed by atoms with Crippen LogP contribution in [0.5, 0.6) is 11.5 Å². The van der Waals surface area contributed by atoms with Gasteiger partial charge >= 0.3 is 0 Å². The summed E-state index contributed by atoms with van der Waals surface area (Å²) in [4.78, 5) is 12.4. The molecule has 21 heavy (non-hydrogen) atoms. The van der Waals surface area contributed by atoms with Gasteiger partial charge < -0.3 is 20.9 Å². The van der Waals surface area contributed by atoms with Crippen LogP contribution in [0, 0.1) is 0 Å². The maximum absolute atomic E-state index is 12.1. The van der Waals surface area contributed by atoms with Crippen LogP contribution in [-0.4, -0.2) is 23.1 Å². The van der Waals surface area contributed by atoms with Gasteiger partial charge in [-0.05, 0) is 36.4 Å². The predicted molar refractivity (Wildman–Crippen MR) is 84.9 cm³/mol. The van der Waals surface area contributed by atoms with Crippen molar-refractivity contribution >= 4 is 28.8 Å². The third-order valence-corrected chi connectivity index (χ3v) is 3.11. The van der Waals surface area contributed by atoms with E-state index in [1.165, 1.54) is 19.2 Å². The Morgan fingerprint density at radius 3 is 2.43 bits per heavy atom. The van der Waals surface area contributed by atoms with E-state index in [0.29, 0.717) is 16.4 Å². The Morgan fingerprint density at radius 1 is 1.24 bits per heavy atom. The number of phenolic OH excluding ortho intramolecular Hbond substituents is 1. The highest BCUT2D eigenvalue weighted by molar-refractivity contribution is 7.80. The van der Waals surface area contributed by atoms with Crippen molar-refractivity contribution in [1.29, 1.82) is 0 Å².